The highest BCUT2D eigenvalue weighted by atomic mass is 15.1. The van der Waals surface area contributed by atoms with Crippen molar-refractivity contribution in [2.75, 3.05) is 20.1 Å². The van der Waals surface area contributed by atoms with Crippen LogP contribution in [0.5, 0.6) is 0 Å². The Morgan fingerprint density at radius 2 is 2.13 bits per heavy atom. The fourth-order valence-corrected chi connectivity index (χ4v) is 1.62. The van der Waals surface area contributed by atoms with E-state index in [1.807, 2.05) is 24.4 Å². The Morgan fingerprint density at radius 3 is 2.67 bits per heavy atom. The fraction of sp³-hybridized carbons (Fsp3) is 0.583. The van der Waals surface area contributed by atoms with Gasteiger partial charge in [0.25, 0.3) is 0 Å². The minimum atomic E-state index is 0.170. The molecule has 15 heavy (non-hydrogen) atoms. The van der Waals surface area contributed by atoms with Gasteiger partial charge in [0.15, 0.2) is 0 Å². The molecule has 0 aliphatic carbocycles. The summed E-state index contributed by atoms with van der Waals surface area (Å²) in [7, 11) is 2.10. The number of rotatable bonds is 5. The summed E-state index contributed by atoms with van der Waals surface area (Å²) in [4.78, 5) is 6.56. The van der Waals surface area contributed by atoms with Crippen molar-refractivity contribution in [2.45, 2.75) is 20.4 Å². The summed E-state index contributed by atoms with van der Waals surface area (Å²) in [5.41, 5.74) is 6.98. The predicted octanol–water partition coefficient (Wildman–Crippen LogP) is 1.50. The molecule has 0 atom stereocenters. The lowest BCUT2D eigenvalue weighted by Gasteiger charge is -2.28. The maximum atomic E-state index is 5.71. The van der Waals surface area contributed by atoms with Gasteiger partial charge in [0, 0.05) is 19.3 Å². The van der Waals surface area contributed by atoms with Crippen molar-refractivity contribution in [1.82, 2.24) is 9.88 Å². The molecule has 2 N–H and O–H groups in total. The standard InChI is InChI=1S/C12H21N3/c1-12(2,9-13)10-15(3)8-11-6-4-5-7-14-11/h4-7H,8-10,13H2,1-3H3. The largest absolute Gasteiger partial charge is 0.330 e. The highest BCUT2D eigenvalue weighted by Gasteiger charge is 2.17. The van der Waals surface area contributed by atoms with Gasteiger partial charge >= 0.3 is 0 Å². The molecule has 0 aliphatic heterocycles. The Bertz CT molecular complexity index is 282. The van der Waals surface area contributed by atoms with Crippen LogP contribution < -0.4 is 5.73 Å². The summed E-state index contributed by atoms with van der Waals surface area (Å²) in [6, 6.07) is 6.00. The molecular formula is C12H21N3. The van der Waals surface area contributed by atoms with E-state index in [1.54, 1.807) is 0 Å². The molecule has 84 valence electrons. The van der Waals surface area contributed by atoms with Crippen LogP contribution in [0.2, 0.25) is 0 Å². The van der Waals surface area contributed by atoms with Crippen LogP contribution in [0.4, 0.5) is 0 Å². The molecule has 0 fully saturated rings. The van der Waals surface area contributed by atoms with E-state index in [4.69, 9.17) is 5.73 Å². The molecule has 1 heterocycles. The number of pyridine rings is 1. The zero-order valence-corrected chi connectivity index (χ0v) is 9.90. The van der Waals surface area contributed by atoms with E-state index >= 15 is 0 Å². The SMILES string of the molecule is CN(Cc1ccccn1)CC(C)(C)CN. The van der Waals surface area contributed by atoms with E-state index in [0.717, 1.165) is 18.8 Å². The van der Waals surface area contributed by atoms with E-state index in [9.17, 15) is 0 Å². The average molecular weight is 207 g/mol. The van der Waals surface area contributed by atoms with Crippen molar-refractivity contribution in [2.24, 2.45) is 11.1 Å². The smallest absolute Gasteiger partial charge is 0.0543 e. The van der Waals surface area contributed by atoms with Crippen LogP contribution in [0.3, 0.4) is 0 Å². The van der Waals surface area contributed by atoms with Crippen LogP contribution in [-0.2, 0) is 6.54 Å². The zero-order chi connectivity index (χ0) is 11.3. The lowest BCUT2D eigenvalue weighted by atomic mass is 9.93. The molecule has 1 rings (SSSR count). The maximum absolute atomic E-state index is 5.71. The van der Waals surface area contributed by atoms with Crippen molar-refractivity contribution in [3.63, 3.8) is 0 Å². The second kappa shape index (κ2) is 5.24. The van der Waals surface area contributed by atoms with Crippen molar-refractivity contribution in [3.8, 4) is 0 Å². The molecule has 0 aliphatic rings. The topological polar surface area (TPSA) is 42.2 Å². The Labute approximate surface area is 92.3 Å². The van der Waals surface area contributed by atoms with Crippen LogP contribution in [0, 0.1) is 5.41 Å². The van der Waals surface area contributed by atoms with Gasteiger partial charge < -0.3 is 5.73 Å². The number of nitrogens with two attached hydrogens (primary N) is 1. The monoisotopic (exact) mass is 207 g/mol. The number of hydrogen-bond acceptors (Lipinski definition) is 3. The summed E-state index contributed by atoms with van der Waals surface area (Å²) >= 11 is 0. The van der Waals surface area contributed by atoms with Crippen LogP contribution in [-0.4, -0.2) is 30.0 Å². The minimum Gasteiger partial charge on any atom is -0.330 e. The summed E-state index contributed by atoms with van der Waals surface area (Å²) in [6.45, 7) is 6.94. The first-order valence-corrected chi connectivity index (χ1v) is 5.32. The van der Waals surface area contributed by atoms with Gasteiger partial charge in [-0.2, -0.15) is 0 Å². The molecule has 0 unspecified atom stereocenters. The van der Waals surface area contributed by atoms with Gasteiger partial charge in [-0.15, -0.1) is 0 Å². The highest BCUT2D eigenvalue weighted by molar-refractivity contribution is 5.03. The first kappa shape index (κ1) is 12.1. The number of aromatic nitrogens is 1. The van der Waals surface area contributed by atoms with Crippen LogP contribution in [0.15, 0.2) is 24.4 Å². The third-order valence-electron chi connectivity index (χ3n) is 2.41. The van der Waals surface area contributed by atoms with Crippen molar-refractivity contribution in [1.29, 1.82) is 0 Å². The predicted molar refractivity (Wildman–Crippen MR) is 63.4 cm³/mol. The molecule has 0 spiro atoms. The molecule has 0 radical (unpaired) electrons. The van der Waals surface area contributed by atoms with Crippen LogP contribution in [0.1, 0.15) is 19.5 Å². The normalized spacial score (nSPS) is 12.1. The van der Waals surface area contributed by atoms with Gasteiger partial charge in [-0.05, 0) is 31.1 Å². The van der Waals surface area contributed by atoms with E-state index in [0.29, 0.717) is 6.54 Å². The average Bonchev–Trinajstić information content (AvgIpc) is 2.18. The Balaban J connectivity index is 2.46. The van der Waals surface area contributed by atoms with Crippen molar-refractivity contribution in [3.05, 3.63) is 30.1 Å². The van der Waals surface area contributed by atoms with E-state index in [-0.39, 0.29) is 5.41 Å². The third-order valence-corrected chi connectivity index (χ3v) is 2.41. The summed E-state index contributed by atoms with van der Waals surface area (Å²) < 4.78 is 0. The van der Waals surface area contributed by atoms with Gasteiger partial charge in [0.2, 0.25) is 0 Å². The molecule has 0 aromatic carbocycles. The molecule has 0 saturated heterocycles. The van der Waals surface area contributed by atoms with Gasteiger partial charge in [-0.3, -0.25) is 9.88 Å². The second-order valence-electron chi connectivity index (χ2n) is 4.86. The molecule has 1 aromatic heterocycles. The van der Waals surface area contributed by atoms with Gasteiger partial charge in [0.1, 0.15) is 0 Å². The summed E-state index contributed by atoms with van der Waals surface area (Å²) in [5, 5.41) is 0. The quantitative estimate of drug-likeness (QED) is 0.795. The second-order valence-corrected chi connectivity index (χ2v) is 4.86. The van der Waals surface area contributed by atoms with Gasteiger partial charge in [-0.25, -0.2) is 0 Å². The molecule has 0 bridgehead atoms. The molecule has 3 nitrogen and oxygen atoms in total. The Morgan fingerprint density at radius 1 is 1.40 bits per heavy atom. The van der Waals surface area contributed by atoms with Crippen LogP contribution >= 0.6 is 0 Å². The van der Waals surface area contributed by atoms with E-state index in [2.05, 4.69) is 30.8 Å². The van der Waals surface area contributed by atoms with E-state index in [1.165, 1.54) is 0 Å². The molecular weight excluding hydrogens is 186 g/mol. The van der Waals surface area contributed by atoms with Crippen molar-refractivity contribution >= 4 is 0 Å². The van der Waals surface area contributed by atoms with Gasteiger partial charge in [-0.1, -0.05) is 19.9 Å². The summed E-state index contributed by atoms with van der Waals surface area (Å²) in [6.07, 6.45) is 1.83. The molecule has 3 heteroatoms. The minimum absolute atomic E-state index is 0.170. The fourth-order valence-electron chi connectivity index (χ4n) is 1.62. The van der Waals surface area contributed by atoms with Crippen LogP contribution in [0.25, 0.3) is 0 Å². The third kappa shape index (κ3) is 4.40. The zero-order valence-electron chi connectivity index (χ0n) is 9.90. The highest BCUT2D eigenvalue weighted by Crippen LogP contribution is 2.14. The molecule has 1 aromatic rings. The molecule has 0 amide bonds. The Kier molecular flexibility index (Phi) is 4.24. The summed E-state index contributed by atoms with van der Waals surface area (Å²) in [5.74, 6) is 0. The first-order valence-electron chi connectivity index (χ1n) is 5.32. The molecule has 0 saturated carbocycles. The van der Waals surface area contributed by atoms with Gasteiger partial charge in [0.05, 0.1) is 5.69 Å². The lowest BCUT2D eigenvalue weighted by Crippen LogP contribution is -2.36. The lowest BCUT2D eigenvalue weighted by molar-refractivity contribution is 0.208. The van der Waals surface area contributed by atoms with E-state index < -0.39 is 0 Å². The number of nitrogens with zero attached hydrogens (tertiary/aromatic N) is 2. The van der Waals surface area contributed by atoms with Crippen molar-refractivity contribution < 1.29 is 0 Å². The maximum Gasteiger partial charge on any atom is 0.0543 e. The first-order chi connectivity index (χ1) is 7.03. The number of hydrogen-bond donors (Lipinski definition) is 1. The Hall–Kier alpha value is -0.930.